The second-order valence-corrected chi connectivity index (χ2v) is 4.99. The highest BCUT2D eigenvalue weighted by atomic mass is 16.5. The van der Waals surface area contributed by atoms with E-state index in [4.69, 9.17) is 4.74 Å². The van der Waals surface area contributed by atoms with Crippen molar-refractivity contribution in [1.29, 1.82) is 0 Å². The Balaban J connectivity index is 2.12. The lowest BCUT2D eigenvalue weighted by Crippen LogP contribution is -2.35. The van der Waals surface area contributed by atoms with Crippen LogP contribution in [0.3, 0.4) is 0 Å². The van der Waals surface area contributed by atoms with Crippen molar-refractivity contribution in [3.8, 4) is 0 Å². The minimum Gasteiger partial charge on any atom is -0.457 e. The van der Waals surface area contributed by atoms with E-state index in [2.05, 4.69) is 27.2 Å². The Hall–Kier alpha value is -1.91. The van der Waals surface area contributed by atoms with Crippen LogP contribution in [0.5, 0.6) is 0 Å². The van der Waals surface area contributed by atoms with E-state index in [9.17, 15) is 0 Å². The lowest BCUT2D eigenvalue weighted by molar-refractivity contribution is 0.169. The minimum absolute atomic E-state index is 0.0125. The van der Waals surface area contributed by atoms with Gasteiger partial charge in [0.2, 0.25) is 0 Å². The van der Waals surface area contributed by atoms with Crippen LogP contribution < -0.4 is 5.32 Å². The molecule has 0 bridgehead atoms. The number of pyridine rings is 1. The van der Waals surface area contributed by atoms with Crippen molar-refractivity contribution in [2.75, 3.05) is 0 Å². The molecule has 0 aromatic carbocycles. The number of nitrogens with zero attached hydrogens (tertiary/aromatic N) is 3. The minimum atomic E-state index is -0.463. The van der Waals surface area contributed by atoms with Crippen molar-refractivity contribution in [2.45, 2.75) is 45.4 Å². The maximum absolute atomic E-state index is 5.97. The fourth-order valence-corrected chi connectivity index (χ4v) is 1.88. The summed E-state index contributed by atoms with van der Waals surface area (Å²) in [4.78, 5) is 12.7. The van der Waals surface area contributed by atoms with Gasteiger partial charge in [0.1, 0.15) is 6.10 Å². The first-order valence-electron chi connectivity index (χ1n) is 6.57. The van der Waals surface area contributed by atoms with E-state index in [1.165, 1.54) is 0 Å². The Morgan fingerprint density at radius 3 is 2.68 bits per heavy atom. The predicted molar refractivity (Wildman–Crippen MR) is 76.1 cm³/mol. The second kappa shape index (κ2) is 5.82. The fraction of sp³-hybridized carbons (Fsp3) is 0.500. The molecule has 0 saturated carbocycles. The molecule has 0 radical (unpaired) electrons. The van der Waals surface area contributed by atoms with E-state index in [-0.39, 0.29) is 6.10 Å². The number of hydrogen-bond donors (Lipinski definition) is 1. The monoisotopic (exact) mass is 260 g/mol. The zero-order valence-corrected chi connectivity index (χ0v) is 11.6. The van der Waals surface area contributed by atoms with Crippen molar-refractivity contribution >= 4 is 12.4 Å². The van der Waals surface area contributed by atoms with E-state index in [1.807, 2.05) is 26.0 Å². The normalized spacial score (nSPS) is 18.4. The maximum Gasteiger partial charge on any atom is 0.292 e. The molecule has 5 nitrogen and oxygen atoms in total. The van der Waals surface area contributed by atoms with Gasteiger partial charge in [-0.1, -0.05) is 13.3 Å². The predicted octanol–water partition coefficient (Wildman–Crippen LogP) is 2.66. The number of rotatable bonds is 4. The maximum atomic E-state index is 5.97. The molecular formula is C14H20N4O. The first kappa shape index (κ1) is 13.5. The van der Waals surface area contributed by atoms with E-state index < -0.39 is 5.66 Å². The summed E-state index contributed by atoms with van der Waals surface area (Å²) < 4.78 is 5.97. The van der Waals surface area contributed by atoms with E-state index in [1.54, 1.807) is 18.7 Å². The number of nitrogens with one attached hydrogen (secondary N) is 1. The molecule has 5 heteroatoms. The zero-order chi connectivity index (χ0) is 13.7. The van der Waals surface area contributed by atoms with Crippen LogP contribution in [-0.4, -0.2) is 23.0 Å². The topological polar surface area (TPSA) is 58.9 Å². The molecule has 0 spiro atoms. The first-order chi connectivity index (χ1) is 9.11. The Kier molecular flexibility index (Phi) is 4.14. The highest BCUT2D eigenvalue weighted by molar-refractivity contribution is 5.88. The SMILES string of the molecule is CCCC(OC1=NC(C)(C)N=CN1)c1ccncc1. The Bertz CT molecular complexity index is 468. The average molecular weight is 260 g/mol. The molecule has 1 N–H and O–H groups in total. The van der Waals surface area contributed by atoms with Gasteiger partial charge in [0.25, 0.3) is 6.02 Å². The molecule has 1 aromatic heterocycles. The number of hydrogen-bond acceptors (Lipinski definition) is 5. The van der Waals surface area contributed by atoms with E-state index in [0.717, 1.165) is 18.4 Å². The third-order valence-electron chi connectivity index (χ3n) is 2.83. The lowest BCUT2D eigenvalue weighted by Gasteiger charge is -2.25. The Morgan fingerprint density at radius 1 is 1.32 bits per heavy atom. The van der Waals surface area contributed by atoms with Gasteiger partial charge in [-0.3, -0.25) is 4.98 Å². The van der Waals surface area contributed by atoms with Gasteiger partial charge in [-0.05, 0) is 38.0 Å². The lowest BCUT2D eigenvalue weighted by atomic mass is 10.1. The van der Waals surface area contributed by atoms with Crippen LogP contribution in [0.2, 0.25) is 0 Å². The first-order valence-corrected chi connectivity index (χ1v) is 6.57. The van der Waals surface area contributed by atoms with Crippen molar-refractivity contribution in [3.63, 3.8) is 0 Å². The molecule has 0 saturated heterocycles. The fourth-order valence-electron chi connectivity index (χ4n) is 1.88. The van der Waals surface area contributed by atoms with Crippen LogP contribution >= 0.6 is 0 Å². The van der Waals surface area contributed by atoms with Crippen LogP contribution in [0.4, 0.5) is 0 Å². The van der Waals surface area contributed by atoms with Gasteiger partial charge in [-0.15, -0.1) is 0 Å². The molecule has 0 aliphatic carbocycles. The van der Waals surface area contributed by atoms with Crippen molar-refractivity contribution in [1.82, 2.24) is 10.3 Å². The zero-order valence-electron chi connectivity index (χ0n) is 11.6. The third-order valence-corrected chi connectivity index (χ3v) is 2.83. The van der Waals surface area contributed by atoms with Crippen LogP contribution in [0.1, 0.15) is 45.3 Å². The van der Waals surface area contributed by atoms with Crippen molar-refractivity contribution < 1.29 is 4.74 Å². The average Bonchev–Trinajstić information content (AvgIpc) is 2.38. The number of amidine groups is 1. The summed E-state index contributed by atoms with van der Waals surface area (Å²) >= 11 is 0. The number of aromatic nitrogens is 1. The smallest absolute Gasteiger partial charge is 0.292 e. The molecule has 102 valence electrons. The van der Waals surface area contributed by atoms with Gasteiger partial charge in [0, 0.05) is 12.4 Å². The second-order valence-electron chi connectivity index (χ2n) is 4.99. The largest absolute Gasteiger partial charge is 0.457 e. The summed E-state index contributed by atoms with van der Waals surface area (Å²) in [5.74, 6) is 0. The molecule has 2 heterocycles. The summed E-state index contributed by atoms with van der Waals surface area (Å²) in [5.41, 5.74) is 0.650. The molecular weight excluding hydrogens is 240 g/mol. The number of aliphatic imine (C=N–C) groups is 2. The molecule has 0 fully saturated rings. The Labute approximate surface area is 113 Å². The van der Waals surface area contributed by atoms with Gasteiger partial charge < -0.3 is 10.1 Å². The summed E-state index contributed by atoms with van der Waals surface area (Å²) in [6.45, 7) is 6.02. The number of ether oxygens (including phenoxy) is 1. The summed E-state index contributed by atoms with van der Waals surface area (Å²) in [7, 11) is 0. The molecule has 19 heavy (non-hydrogen) atoms. The summed E-state index contributed by atoms with van der Waals surface area (Å²) in [6, 6.07) is 4.47. The van der Waals surface area contributed by atoms with Crippen molar-refractivity contribution in [2.24, 2.45) is 9.98 Å². The standard InChI is InChI=1S/C14H20N4O/c1-4-5-12(11-6-8-15-9-7-11)19-13-16-10-17-14(2,3)18-13/h6-10,12H,4-5H2,1-3H3,(H,16,17,18). The molecule has 1 unspecified atom stereocenters. The molecule has 0 amide bonds. The molecule has 1 aliphatic heterocycles. The van der Waals surface area contributed by atoms with Gasteiger partial charge in [0.05, 0.1) is 6.34 Å². The highest BCUT2D eigenvalue weighted by Gasteiger charge is 2.22. The van der Waals surface area contributed by atoms with Crippen molar-refractivity contribution in [3.05, 3.63) is 30.1 Å². The highest BCUT2D eigenvalue weighted by Crippen LogP contribution is 2.23. The quantitative estimate of drug-likeness (QED) is 0.905. The van der Waals surface area contributed by atoms with Crippen LogP contribution in [0.25, 0.3) is 0 Å². The Morgan fingerprint density at radius 2 is 2.05 bits per heavy atom. The van der Waals surface area contributed by atoms with Gasteiger partial charge in [0.15, 0.2) is 5.66 Å². The van der Waals surface area contributed by atoms with E-state index >= 15 is 0 Å². The van der Waals surface area contributed by atoms with Gasteiger partial charge >= 0.3 is 0 Å². The third kappa shape index (κ3) is 3.77. The molecule has 2 rings (SSSR count). The van der Waals surface area contributed by atoms with E-state index in [0.29, 0.717) is 6.02 Å². The van der Waals surface area contributed by atoms with Gasteiger partial charge in [-0.2, -0.15) is 0 Å². The van der Waals surface area contributed by atoms with Crippen LogP contribution in [-0.2, 0) is 4.74 Å². The molecule has 1 aliphatic rings. The van der Waals surface area contributed by atoms with Gasteiger partial charge in [-0.25, -0.2) is 9.98 Å². The molecule has 1 aromatic rings. The van der Waals surface area contributed by atoms with Crippen LogP contribution in [0, 0.1) is 0 Å². The van der Waals surface area contributed by atoms with Crippen LogP contribution in [0.15, 0.2) is 34.5 Å². The summed E-state index contributed by atoms with van der Waals surface area (Å²) in [5, 5.41) is 2.95. The molecule has 1 atom stereocenters. The summed E-state index contributed by atoms with van der Waals surface area (Å²) in [6.07, 6.45) is 7.16.